The van der Waals surface area contributed by atoms with E-state index in [1.54, 1.807) is 12.4 Å². The number of amides is 1. The van der Waals surface area contributed by atoms with Crippen molar-refractivity contribution in [2.24, 2.45) is 5.73 Å². The third-order valence-corrected chi connectivity index (χ3v) is 1.82. The highest BCUT2D eigenvalue weighted by Gasteiger charge is 1.99. The lowest BCUT2D eigenvalue weighted by molar-refractivity contribution is -0.121. The molecule has 0 aliphatic heterocycles. The average Bonchev–Trinajstić information content (AvgIpc) is 2.25. The molecule has 4 nitrogen and oxygen atoms in total. The van der Waals surface area contributed by atoms with Crippen molar-refractivity contribution in [3.8, 4) is 0 Å². The lowest BCUT2D eigenvalue weighted by Gasteiger charge is -2.03. The third kappa shape index (κ3) is 4.00. The van der Waals surface area contributed by atoms with Crippen molar-refractivity contribution < 1.29 is 4.79 Å². The quantitative estimate of drug-likeness (QED) is 0.712. The molecule has 1 heterocycles. The van der Waals surface area contributed by atoms with Gasteiger partial charge in [-0.3, -0.25) is 9.78 Å². The van der Waals surface area contributed by atoms with Crippen LogP contribution in [0.4, 0.5) is 0 Å². The first kappa shape index (κ1) is 10.7. The van der Waals surface area contributed by atoms with Crippen molar-refractivity contribution in [1.82, 2.24) is 10.3 Å². The van der Waals surface area contributed by atoms with Gasteiger partial charge < -0.3 is 11.1 Å². The first-order chi connectivity index (χ1) is 6.83. The molecule has 0 saturated heterocycles. The van der Waals surface area contributed by atoms with Crippen LogP contribution in [0.5, 0.6) is 0 Å². The molecule has 0 atom stereocenters. The van der Waals surface area contributed by atoms with Crippen LogP contribution >= 0.6 is 0 Å². The van der Waals surface area contributed by atoms with E-state index in [4.69, 9.17) is 5.73 Å². The van der Waals surface area contributed by atoms with Crippen molar-refractivity contribution in [3.63, 3.8) is 0 Å². The Morgan fingerprint density at radius 2 is 2.43 bits per heavy atom. The van der Waals surface area contributed by atoms with Gasteiger partial charge in [0.1, 0.15) is 0 Å². The van der Waals surface area contributed by atoms with Gasteiger partial charge in [-0.2, -0.15) is 0 Å². The minimum Gasteiger partial charge on any atom is -0.352 e. The van der Waals surface area contributed by atoms with Crippen molar-refractivity contribution in [3.05, 3.63) is 30.1 Å². The Balaban J connectivity index is 2.24. The van der Waals surface area contributed by atoms with Gasteiger partial charge >= 0.3 is 0 Å². The van der Waals surface area contributed by atoms with Crippen LogP contribution < -0.4 is 11.1 Å². The molecular weight excluding hydrogens is 178 g/mol. The molecule has 1 amide bonds. The predicted octanol–water partition coefficient (Wildman–Crippen LogP) is 0.437. The first-order valence-corrected chi connectivity index (χ1v) is 4.68. The minimum absolute atomic E-state index is 0.0410. The van der Waals surface area contributed by atoms with Gasteiger partial charge in [-0.05, 0) is 24.6 Å². The number of rotatable bonds is 5. The van der Waals surface area contributed by atoms with Crippen LogP contribution in [0.1, 0.15) is 18.4 Å². The Labute approximate surface area is 83.5 Å². The van der Waals surface area contributed by atoms with E-state index >= 15 is 0 Å². The first-order valence-electron chi connectivity index (χ1n) is 4.68. The standard InChI is InChI=1S/C10H15N3O/c11-5-1-4-10(14)13-8-9-3-2-6-12-7-9/h2-3,6-7H,1,4-5,8,11H2,(H,13,14). The summed E-state index contributed by atoms with van der Waals surface area (Å²) < 4.78 is 0. The predicted molar refractivity (Wildman–Crippen MR) is 54.4 cm³/mol. The van der Waals surface area contributed by atoms with E-state index in [2.05, 4.69) is 10.3 Å². The molecule has 14 heavy (non-hydrogen) atoms. The largest absolute Gasteiger partial charge is 0.352 e. The van der Waals surface area contributed by atoms with Crippen molar-refractivity contribution in [2.75, 3.05) is 6.54 Å². The van der Waals surface area contributed by atoms with Crippen molar-refractivity contribution >= 4 is 5.91 Å². The Hall–Kier alpha value is -1.42. The summed E-state index contributed by atoms with van der Waals surface area (Å²) in [5.41, 5.74) is 6.30. The number of hydrogen-bond acceptors (Lipinski definition) is 3. The molecule has 0 spiro atoms. The molecule has 1 aromatic heterocycles. The van der Waals surface area contributed by atoms with Gasteiger partial charge in [0.05, 0.1) is 0 Å². The molecular formula is C10H15N3O. The van der Waals surface area contributed by atoms with Gasteiger partial charge in [-0.15, -0.1) is 0 Å². The number of aromatic nitrogens is 1. The normalized spacial score (nSPS) is 9.79. The van der Waals surface area contributed by atoms with Crippen LogP contribution in [0.15, 0.2) is 24.5 Å². The molecule has 3 N–H and O–H groups in total. The zero-order valence-corrected chi connectivity index (χ0v) is 8.07. The summed E-state index contributed by atoms with van der Waals surface area (Å²) in [7, 11) is 0. The SMILES string of the molecule is NCCCC(=O)NCc1cccnc1. The molecule has 1 rings (SSSR count). The van der Waals surface area contributed by atoms with Crippen LogP contribution in [-0.2, 0) is 11.3 Å². The average molecular weight is 193 g/mol. The number of pyridine rings is 1. The van der Waals surface area contributed by atoms with Gasteiger partial charge in [-0.25, -0.2) is 0 Å². The van der Waals surface area contributed by atoms with E-state index in [-0.39, 0.29) is 5.91 Å². The third-order valence-electron chi connectivity index (χ3n) is 1.82. The fourth-order valence-electron chi connectivity index (χ4n) is 1.05. The molecule has 76 valence electrons. The molecule has 0 aromatic carbocycles. The van der Waals surface area contributed by atoms with Crippen molar-refractivity contribution in [1.29, 1.82) is 0 Å². The molecule has 0 aliphatic rings. The molecule has 0 radical (unpaired) electrons. The molecule has 0 aliphatic carbocycles. The zero-order chi connectivity index (χ0) is 10.2. The van der Waals surface area contributed by atoms with Gasteiger partial charge in [0.2, 0.25) is 5.91 Å². The topological polar surface area (TPSA) is 68.0 Å². The van der Waals surface area contributed by atoms with Crippen LogP contribution in [0.3, 0.4) is 0 Å². The van der Waals surface area contributed by atoms with E-state index in [1.165, 1.54) is 0 Å². The second kappa shape index (κ2) is 6.10. The molecule has 4 heteroatoms. The number of carbonyl (C=O) groups is 1. The second-order valence-electron chi connectivity index (χ2n) is 3.03. The summed E-state index contributed by atoms with van der Waals surface area (Å²) in [5, 5.41) is 2.80. The highest BCUT2D eigenvalue weighted by molar-refractivity contribution is 5.75. The smallest absolute Gasteiger partial charge is 0.220 e. The molecule has 0 bridgehead atoms. The lowest BCUT2D eigenvalue weighted by Crippen LogP contribution is -2.23. The molecule has 1 aromatic rings. The summed E-state index contributed by atoms with van der Waals surface area (Å²) in [4.78, 5) is 15.1. The molecule has 0 fully saturated rings. The number of nitrogens with zero attached hydrogens (tertiary/aromatic N) is 1. The number of nitrogens with one attached hydrogen (secondary N) is 1. The van der Waals surface area contributed by atoms with E-state index < -0.39 is 0 Å². The fourth-order valence-corrected chi connectivity index (χ4v) is 1.05. The van der Waals surface area contributed by atoms with Crippen LogP contribution in [0.25, 0.3) is 0 Å². The number of nitrogens with two attached hydrogens (primary N) is 1. The van der Waals surface area contributed by atoms with E-state index in [0.29, 0.717) is 19.5 Å². The Morgan fingerprint density at radius 1 is 1.57 bits per heavy atom. The molecule has 0 saturated carbocycles. The summed E-state index contributed by atoms with van der Waals surface area (Å²) in [6, 6.07) is 3.78. The zero-order valence-electron chi connectivity index (χ0n) is 8.07. The van der Waals surface area contributed by atoms with E-state index in [0.717, 1.165) is 12.0 Å². The number of carbonyl (C=O) groups excluding carboxylic acids is 1. The summed E-state index contributed by atoms with van der Waals surface area (Å²) in [6.45, 7) is 1.09. The Kier molecular flexibility index (Phi) is 4.64. The maximum atomic E-state index is 11.2. The Bertz CT molecular complexity index is 274. The highest BCUT2D eigenvalue weighted by atomic mass is 16.1. The maximum Gasteiger partial charge on any atom is 0.220 e. The second-order valence-corrected chi connectivity index (χ2v) is 3.03. The summed E-state index contributed by atoms with van der Waals surface area (Å²) >= 11 is 0. The van der Waals surface area contributed by atoms with Gasteiger partial charge in [0.15, 0.2) is 0 Å². The van der Waals surface area contributed by atoms with Crippen molar-refractivity contribution in [2.45, 2.75) is 19.4 Å². The van der Waals surface area contributed by atoms with E-state index in [9.17, 15) is 4.79 Å². The fraction of sp³-hybridized carbons (Fsp3) is 0.400. The maximum absolute atomic E-state index is 11.2. The highest BCUT2D eigenvalue weighted by Crippen LogP contribution is 1.95. The summed E-state index contributed by atoms with van der Waals surface area (Å²) in [6.07, 6.45) is 4.68. The number of hydrogen-bond donors (Lipinski definition) is 2. The van der Waals surface area contributed by atoms with Gasteiger partial charge in [0.25, 0.3) is 0 Å². The lowest BCUT2D eigenvalue weighted by atomic mass is 10.2. The molecule has 0 unspecified atom stereocenters. The van der Waals surface area contributed by atoms with Crippen LogP contribution in [0.2, 0.25) is 0 Å². The monoisotopic (exact) mass is 193 g/mol. The van der Waals surface area contributed by atoms with Crippen LogP contribution in [0, 0.1) is 0 Å². The Morgan fingerprint density at radius 3 is 3.07 bits per heavy atom. The van der Waals surface area contributed by atoms with Gasteiger partial charge in [0, 0.05) is 25.4 Å². The van der Waals surface area contributed by atoms with Crippen LogP contribution in [-0.4, -0.2) is 17.4 Å². The summed E-state index contributed by atoms with van der Waals surface area (Å²) in [5.74, 6) is 0.0410. The van der Waals surface area contributed by atoms with E-state index in [1.807, 2.05) is 12.1 Å². The minimum atomic E-state index is 0.0410. The van der Waals surface area contributed by atoms with Gasteiger partial charge in [-0.1, -0.05) is 6.07 Å².